The Balaban J connectivity index is 1.30. The first kappa shape index (κ1) is 24.3. The molecular weight excluding hydrogens is 486 g/mol. The number of benzene rings is 1. The minimum absolute atomic E-state index is 0.273. The van der Waals surface area contributed by atoms with Gasteiger partial charge in [-0.2, -0.15) is 0 Å². The second-order valence-corrected chi connectivity index (χ2v) is 11.5. The average molecular weight is 520 g/mol. The maximum absolute atomic E-state index is 11.9. The highest BCUT2D eigenvalue weighted by Crippen LogP contribution is 2.36. The highest BCUT2D eigenvalue weighted by atomic mass is 32.1. The lowest BCUT2D eigenvalue weighted by Crippen LogP contribution is -2.59. The lowest BCUT2D eigenvalue weighted by atomic mass is 10.0. The number of carbonyl (C=O) groups is 1. The second-order valence-electron chi connectivity index (χ2n) is 10.3. The van der Waals surface area contributed by atoms with Crippen molar-refractivity contribution < 1.29 is 9.53 Å². The number of fused-ring (bicyclic) bond motifs is 2. The summed E-state index contributed by atoms with van der Waals surface area (Å²) in [6, 6.07) is 10.5. The number of piperazine rings is 1. The Kier molecular flexibility index (Phi) is 6.36. The van der Waals surface area contributed by atoms with Crippen molar-refractivity contribution in [1.82, 2.24) is 24.8 Å². The number of ether oxygens (including phenoxy) is 1. The molecule has 0 bridgehead atoms. The van der Waals surface area contributed by atoms with Crippen LogP contribution in [-0.2, 0) is 16.1 Å². The number of para-hydroxylation sites is 1. The van der Waals surface area contributed by atoms with Crippen molar-refractivity contribution >= 4 is 44.2 Å². The van der Waals surface area contributed by atoms with Crippen molar-refractivity contribution in [2.24, 2.45) is 5.73 Å². The number of carbonyl (C=O) groups excluding carboxylic acids is 1. The lowest BCUT2D eigenvalue weighted by Gasteiger charge is -2.42. The number of anilines is 1. The van der Waals surface area contributed by atoms with Crippen LogP contribution in [0.15, 0.2) is 36.5 Å². The fourth-order valence-corrected chi connectivity index (χ4v) is 6.40. The predicted octanol–water partition coefficient (Wildman–Crippen LogP) is 3.06. The summed E-state index contributed by atoms with van der Waals surface area (Å²) in [5.41, 5.74) is 8.11. The Bertz CT molecular complexity index is 1430. The molecule has 2 fully saturated rings. The van der Waals surface area contributed by atoms with Crippen LogP contribution in [0.4, 0.5) is 5.82 Å². The van der Waals surface area contributed by atoms with Crippen LogP contribution in [0.2, 0.25) is 0 Å². The third kappa shape index (κ3) is 4.59. The van der Waals surface area contributed by atoms with Gasteiger partial charge in [0, 0.05) is 73.4 Å². The molecule has 10 heteroatoms. The van der Waals surface area contributed by atoms with E-state index in [2.05, 4.69) is 37.9 Å². The van der Waals surface area contributed by atoms with Crippen molar-refractivity contribution in [3.05, 3.63) is 41.4 Å². The maximum atomic E-state index is 11.9. The van der Waals surface area contributed by atoms with E-state index in [0.29, 0.717) is 13.2 Å². The van der Waals surface area contributed by atoms with Crippen LogP contribution in [0.1, 0.15) is 18.7 Å². The fourth-order valence-electron chi connectivity index (χ4n) is 5.25. The molecule has 6 rings (SSSR count). The van der Waals surface area contributed by atoms with Gasteiger partial charge in [0.2, 0.25) is 5.91 Å². The standard InChI is InChI=1S/C27H33N7O2S/c1-27(2,26(28)35)34-9-7-32(8-10-34)17-18-15-22-23(37-18)25(33-11-13-36-14-12-33)31-24(30-22)20-16-29-21-6-4-3-5-19(20)21/h3-6,15-16,29H,7-14,17H2,1-2H3,(H2,28,35). The van der Waals surface area contributed by atoms with Gasteiger partial charge < -0.3 is 20.4 Å². The number of thiophene rings is 1. The minimum atomic E-state index is -0.620. The van der Waals surface area contributed by atoms with Gasteiger partial charge in [0.05, 0.1) is 29.0 Å². The number of H-pyrrole nitrogens is 1. The topological polar surface area (TPSA) is 104 Å². The van der Waals surface area contributed by atoms with Crippen LogP contribution >= 0.6 is 11.3 Å². The fraction of sp³-hybridized carbons (Fsp3) is 0.444. The largest absolute Gasteiger partial charge is 0.378 e. The molecule has 194 valence electrons. The average Bonchev–Trinajstić information content (AvgIpc) is 3.52. The number of hydrogen-bond donors (Lipinski definition) is 2. The highest BCUT2D eigenvalue weighted by molar-refractivity contribution is 7.19. The van der Waals surface area contributed by atoms with Crippen LogP contribution in [-0.4, -0.2) is 88.7 Å². The van der Waals surface area contributed by atoms with Crippen LogP contribution in [0, 0.1) is 0 Å². The van der Waals surface area contributed by atoms with Crippen molar-refractivity contribution in [3.63, 3.8) is 0 Å². The van der Waals surface area contributed by atoms with Gasteiger partial charge >= 0.3 is 0 Å². The summed E-state index contributed by atoms with van der Waals surface area (Å²) in [5.74, 6) is 1.47. The molecule has 2 aliphatic rings. The van der Waals surface area contributed by atoms with Crippen molar-refractivity contribution in [2.45, 2.75) is 25.9 Å². The SMILES string of the molecule is CC(C)(C(N)=O)N1CCN(Cc2cc3nc(-c4c[nH]c5ccccc45)nc(N4CCOCC4)c3s2)CC1. The van der Waals surface area contributed by atoms with Gasteiger partial charge in [0.25, 0.3) is 0 Å². The molecular formula is C27H33N7O2S. The van der Waals surface area contributed by atoms with Gasteiger partial charge in [-0.1, -0.05) is 18.2 Å². The minimum Gasteiger partial charge on any atom is -0.378 e. The monoisotopic (exact) mass is 519 g/mol. The number of nitrogens with one attached hydrogen (secondary N) is 1. The Labute approximate surface area is 220 Å². The van der Waals surface area contributed by atoms with E-state index in [1.165, 1.54) is 4.88 Å². The summed E-state index contributed by atoms with van der Waals surface area (Å²) in [4.78, 5) is 33.6. The third-order valence-electron chi connectivity index (χ3n) is 7.69. The first-order chi connectivity index (χ1) is 17.9. The molecule has 0 saturated carbocycles. The summed E-state index contributed by atoms with van der Waals surface area (Å²) in [6.45, 7) is 11.2. The molecule has 0 spiro atoms. The van der Waals surface area contributed by atoms with Crippen molar-refractivity contribution in [1.29, 1.82) is 0 Å². The van der Waals surface area contributed by atoms with Crippen LogP contribution in [0.3, 0.4) is 0 Å². The molecule has 0 aliphatic carbocycles. The Morgan fingerprint density at radius 3 is 2.62 bits per heavy atom. The van der Waals surface area contributed by atoms with E-state index in [1.54, 1.807) is 11.3 Å². The zero-order valence-electron chi connectivity index (χ0n) is 21.4. The van der Waals surface area contributed by atoms with E-state index >= 15 is 0 Å². The van der Waals surface area contributed by atoms with E-state index in [-0.39, 0.29) is 5.91 Å². The number of amides is 1. The molecule has 2 aliphatic heterocycles. The highest BCUT2D eigenvalue weighted by Gasteiger charge is 2.34. The Morgan fingerprint density at radius 2 is 1.86 bits per heavy atom. The molecule has 9 nitrogen and oxygen atoms in total. The summed E-state index contributed by atoms with van der Waals surface area (Å²) < 4.78 is 6.75. The van der Waals surface area contributed by atoms with Crippen LogP contribution in [0.5, 0.6) is 0 Å². The Morgan fingerprint density at radius 1 is 1.11 bits per heavy atom. The van der Waals surface area contributed by atoms with Gasteiger partial charge in [0.1, 0.15) is 0 Å². The second kappa shape index (κ2) is 9.68. The molecule has 3 N–H and O–H groups in total. The van der Waals surface area contributed by atoms with Crippen molar-refractivity contribution in [2.75, 3.05) is 57.4 Å². The molecule has 5 heterocycles. The summed E-state index contributed by atoms with van der Waals surface area (Å²) in [5, 5.41) is 1.13. The van der Waals surface area contributed by atoms with Crippen LogP contribution in [0.25, 0.3) is 32.5 Å². The number of nitrogens with two attached hydrogens (primary N) is 1. The molecule has 0 atom stereocenters. The van der Waals surface area contributed by atoms with E-state index in [1.807, 2.05) is 32.2 Å². The number of primary amides is 1. The first-order valence-electron chi connectivity index (χ1n) is 12.9. The smallest absolute Gasteiger partial charge is 0.237 e. The van der Waals surface area contributed by atoms with E-state index in [4.69, 9.17) is 20.4 Å². The van der Waals surface area contributed by atoms with Gasteiger partial charge in [0.15, 0.2) is 11.6 Å². The number of aromatic amines is 1. The summed E-state index contributed by atoms with van der Waals surface area (Å²) in [6.07, 6.45) is 2.01. The number of aromatic nitrogens is 3. The number of morpholine rings is 1. The first-order valence-corrected chi connectivity index (χ1v) is 13.7. The van der Waals surface area contributed by atoms with E-state index in [9.17, 15) is 4.79 Å². The van der Waals surface area contributed by atoms with E-state index in [0.717, 1.165) is 84.1 Å². The molecule has 0 unspecified atom stereocenters. The number of nitrogens with zero attached hydrogens (tertiary/aromatic N) is 5. The van der Waals surface area contributed by atoms with Gasteiger partial charge in [-0.05, 0) is 26.0 Å². The summed E-state index contributed by atoms with van der Waals surface area (Å²) in [7, 11) is 0. The van der Waals surface area contributed by atoms with Gasteiger partial charge in [-0.15, -0.1) is 11.3 Å². The third-order valence-corrected chi connectivity index (χ3v) is 8.80. The molecule has 1 amide bonds. The Hall–Kier alpha value is -3.05. The molecule has 0 radical (unpaired) electrons. The maximum Gasteiger partial charge on any atom is 0.237 e. The molecule has 4 aromatic rings. The molecule has 1 aromatic carbocycles. The molecule has 2 saturated heterocycles. The lowest BCUT2D eigenvalue weighted by molar-refractivity contribution is -0.129. The van der Waals surface area contributed by atoms with Gasteiger partial charge in [-0.3, -0.25) is 14.6 Å². The normalized spacial score (nSPS) is 18.2. The summed E-state index contributed by atoms with van der Waals surface area (Å²) >= 11 is 1.79. The van der Waals surface area contributed by atoms with Crippen molar-refractivity contribution in [3.8, 4) is 11.4 Å². The van der Waals surface area contributed by atoms with Crippen LogP contribution < -0.4 is 10.6 Å². The predicted molar refractivity (Wildman–Crippen MR) is 148 cm³/mol. The number of rotatable bonds is 6. The van der Waals surface area contributed by atoms with E-state index < -0.39 is 5.54 Å². The zero-order valence-corrected chi connectivity index (χ0v) is 22.2. The molecule has 3 aromatic heterocycles. The quantitative estimate of drug-likeness (QED) is 0.404. The van der Waals surface area contributed by atoms with Gasteiger partial charge in [-0.25, -0.2) is 9.97 Å². The number of hydrogen-bond acceptors (Lipinski definition) is 8. The zero-order chi connectivity index (χ0) is 25.6. The molecule has 37 heavy (non-hydrogen) atoms.